The Kier molecular flexibility index (Phi) is 3.89. The van der Waals surface area contributed by atoms with Gasteiger partial charge in [0.1, 0.15) is 0 Å². The Morgan fingerprint density at radius 1 is 1.14 bits per heavy atom. The van der Waals surface area contributed by atoms with Gasteiger partial charge >= 0.3 is 0 Å². The quantitative estimate of drug-likeness (QED) is 0.806. The van der Waals surface area contributed by atoms with Gasteiger partial charge in [-0.1, -0.05) is 12.5 Å². The lowest BCUT2D eigenvalue weighted by molar-refractivity contribution is 0.0372. The van der Waals surface area contributed by atoms with E-state index in [1.165, 1.54) is 25.8 Å². The smallest absolute Gasteiger partial charge is 0.254 e. The summed E-state index contributed by atoms with van der Waals surface area (Å²) in [5, 5.41) is 0. The van der Waals surface area contributed by atoms with Crippen LogP contribution in [0, 0.1) is 13.8 Å². The fourth-order valence-electron chi connectivity index (χ4n) is 3.61. The summed E-state index contributed by atoms with van der Waals surface area (Å²) < 4.78 is 0. The molecular weight excluding hydrogens is 262 g/mol. The molecule has 0 radical (unpaired) electrons. The van der Waals surface area contributed by atoms with Gasteiger partial charge in [-0.3, -0.25) is 9.69 Å². The highest BCUT2D eigenvalue weighted by molar-refractivity contribution is 5.96. The summed E-state index contributed by atoms with van der Waals surface area (Å²) in [6, 6.07) is 4.42. The first-order chi connectivity index (χ1) is 10.1. The van der Waals surface area contributed by atoms with E-state index in [4.69, 9.17) is 5.73 Å². The van der Waals surface area contributed by atoms with Crippen LogP contribution in [-0.4, -0.2) is 47.9 Å². The molecule has 4 nitrogen and oxygen atoms in total. The molecule has 1 atom stereocenters. The predicted octanol–water partition coefficient (Wildman–Crippen LogP) is 2.20. The summed E-state index contributed by atoms with van der Waals surface area (Å²) in [6.07, 6.45) is 3.82. The minimum absolute atomic E-state index is 0.143. The molecule has 1 aromatic rings. The minimum atomic E-state index is 0.143. The number of carbonyl (C=O) groups is 1. The van der Waals surface area contributed by atoms with E-state index in [1.54, 1.807) is 0 Å². The molecule has 2 saturated heterocycles. The van der Waals surface area contributed by atoms with Crippen LogP contribution in [0.1, 0.15) is 40.7 Å². The van der Waals surface area contributed by atoms with Gasteiger partial charge in [-0.2, -0.15) is 0 Å². The molecule has 0 aromatic heterocycles. The van der Waals surface area contributed by atoms with Gasteiger partial charge in [0, 0.05) is 36.9 Å². The summed E-state index contributed by atoms with van der Waals surface area (Å²) in [5.74, 6) is 0.143. The summed E-state index contributed by atoms with van der Waals surface area (Å²) in [4.78, 5) is 17.4. The number of piperazine rings is 1. The summed E-state index contributed by atoms with van der Waals surface area (Å²) in [6.45, 7) is 7.89. The van der Waals surface area contributed by atoms with E-state index in [-0.39, 0.29) is 5.91 Å². The highest BCUT2D eigenvalue weighted by atomic mass is 16.2. The van der Waals surface area contributed by atoms with Crippen LogP contribution in [0.25, 0.3) is 0 Å². The number of nitrogens with zero attached hydrogens (tertiary/aromatic N) is 2. The second-order valence-corrected chi connectivity index (χ2v) is 6.46. The molecule has 2 N–H and O–H groups in total. The maximum Gasteiger partial charge on any atom is 0.254 e. The van der Waals surface area contributed by atoms with Crippen LogP contribution < -0.4 is 5.73 Å². The van der Waals surface area contributed by atoms with E-state index in [2.05, 4.69) is 4.90 Å². The Bertz CT molecular complexity index is 555. The SMILES string of the molecule is Cc1cc(C)c(C(=O)N2CCN3CCCCC3C2)cc1N. The largest absolute Gasteiger partial charge is 0.398 e. The highest BCUT2D eigenvalue weighted by Gasteiger charge is 2.31. The lowest BCUT2D eigenvalue weighted by atomic mass is 9.98. The number of aryl methyl sites for hydroxylation is 2. The molecule has 21 heavy (non-hydrogen) atoms. The number of anilines is 1. The standard InChI is InChI=1S/C17H25N3O/c1-12-9-13(2)16(18)10-15(12)17(21)20-8-7-19-6-4-3-5-14(19)11-20/h9-10,14H,3-8,11,18H2,1-2H3. The number of nitrogens with two attached hydrogens (primary N) is 1. The monoisotopic (exact) mass is 287 g/mol. The Hall–Kier alpha value is -1.55. The zero-order valence-electron chi connectivity index (χ0n) is 13.1. The van der Waals surface area contributed by atoms with Crippen molar-refractivity contribution < 1.29 is 4.79 Å². The number of carbonyl (C=O) groups excluding carboxylic acids is 1. The van der Waals surface area contributed by atoms with Crippen molar-refractivity contribution >= 4 is 11.6 Å². The Morgan fingerprint density at radius 3 is 2.76 bits per heavy atom. The van der Waals surface area contributed by atoms with Crippen LogP contribution in [0.5, 0.6) is 0 Å². The van der Waals surface area contributed by atoms with Crippen molar-refractivity contribution in [2.45, 2.75) is 39.2 Å². The number of hydrogen-bond acceptors (Lipinski definition) is 3. The van der Waals surface area contributed by atoms with Gasteiger partial charge in [-0.05, 0) is 50.4 Å². The summed E-state index contributed by atoms with van der Waals surface area (Å²) in [5.41, 5.74) is 9.53. The van der Waals surface area contributed by atoms with Gasteiger partial charge in [0.15, 0.2) is 0 Å². The van der Waals surface area contributed by atoms with Crippen molar-refractivity contribution in [3.8, 4) is 0 Å². The molecule has 2 fully saturated rings. The fourth-order valence-corrected chi connectivity index (χ4v) is 3.61. The average molecular weight is 287 g/mol. The van der Waals surface area contributed by atoms with E-state index in [0.717, 1.165) is 36.3 Å². The van der Waals surface area contributed by atoms with Gasteiger partial charge in [-0.15, -0.1) is 0 Å². The molecule has 1 aromatic carbocycles. The van der Waals surface area contributed by atoms with Gasteiger partial charge < -0.3 is 10.6 Å². The number of hydrogen-bond donors (Lipinski definition) is 1. The van der Waals surface area contributed by atoms with Crippen LogP contribution in [0.3, 0.4) is 0 Å². The number of fused-ring (bicyclic) bond motifs is 1. The van der Waals surface area contributed by atoms with Crippen LogP contribution >= 0.6 is 0 Å². The second kappa shape index (κ2) is 5.68. The van der Waals surface area contributed by atoms with Gasteiger partial charge in [0.05, 0.1) is 0 Å². The molecule has 2 heterocycles. The number of nitrogen functional groups attached to an aromatic ring is 1. The van der Waals surface area contributed by atoms with Crippen LogP contribution in [0.4, 0.5) is 5.69 Å². The fraction of sp³-hybridized carbons (Fsp3) is 0.588. The summed E-state index contributed by atoms with van der Waals surface area (Å²) in [7, 11) is 0. The number of amides is 1. The topological polar surface area (TPSA) is 49.6 Å². The average Bonchev–Trinajstić information content (AvgIpc) is 2.50. The van der Waals surface area contributed by atoms with Crippen LogP contribution in [0.2, 0.25) is 0 Å². The van der Waals surface area contributed by atoms with E-state index < -0.39 is 0 Å². The molecule has 4 heteroatoms. The van der Waals surface area contributed by atoms with Crippen LogP contribution in [0.15, 0.2) is 12.1 Å². The van der Waals surface area contributed by atoms with Gasteiger partial charge in [0.2, 0.25) is 0 Å². The number of benzene rings is 1. The van der Waals surface area contributed by atoms with E-state index >= 15 is 0 Å². The lowest BCUT2D eigenvalue weighted by Gasteiger charge is -2.44. The summed E-state index contributed by atoms with van der Waals surface area (Å²) >= 11 is 0. The van der Waals surface area contributed by atoms with Crippen molar-refractivity contribution in [1.82, 2.24) is 9.80 Å². The van der Waals surface area contributed by atoms with Crippen molar-refractivity contribution in [2.75, 3.05) is 31.9 Å². The Labute approximate surface area is 126 Å². The second-order valence-electron chi connectivity index (χ2n) is 6.46. The predicted molar refractivity (Wildman–Crippen MR) is 85.4 cm³/mol. The first-order valence-electron chi connectivity index (χ1n) is 7.96. The minimum Gasteiger partial charge on any atom is -0.398 e. The normalized spacial score (nSPS) is 23.0. The number of piperidine rings is 1. The molecule has 114 valence electrons. The molecule has 0 spiro atoms. The zero-order chi connectivity index (χ0) is 15.0. The molecular formula is C17H25N3O. The third-order valence-corrected chi connectivity index (χ3v) is 4.97. The van der Waals surface area contributed by atoms with Crippen molar-refractivity contribution in [3.63, 3.8) is 0 Å². The van der Waals surface area contributed by atoms with Gasteiger partial charge in [-0.25, -0.2) is 0 Å². The third kappa shape index (κ3) is 2.77. The molecule has 2 aliphatic heterocycles. The Morgan fingerprint density at radius 2 is 1.95 bits per heavy atom. The molecule has 0 saturated carbocycles. The van der Waals surface area contributed by atoms with Crippen molar-refractivity contribution in [1.29, 1.82) is 0 Å². The van der Waals surface area contributed by atoms with Crippen molar-refractivity contribution in [2.24, 2.45) is 0 Å². The number of rotatable bonds is 1. The maximum absolute atomic E-state index is 12.8. The lowest BCUT2D eigenvalue weighted by Crippen LogP contribution is -2.56. The van der Waals surface area contributed by atoms with Crippen LogP contribution in [-0.2, 0) is 0 Å². The zero-order valence-corrected chi connectivity index (χ0v) is 13.1. The highest BCUT2D eigenvalue weighted by Crippen LogP contribution is 2.24. The first kappa shape index (κ1) is 14.4. The maximum atomic E-state index is 12.8. The molecule has 1 unspecified atom stereocenters. The Balaban J connectivity index is 1.78. The van der Waals surface area contributed by atoms with E-state index in [0.29, 0.717) is 11.7 Å². The molecule has 0 aliphatic carbocycles. The molecule has 2 aliphatic rings. The third-order valence-electron chi connectivity index (χ3n) is 4.97. The van der Waals surface area contributed by atoms with E-state index in [1.807, 2.05) is 30.9 Å². The molecule has 0 bridgehead atoms. The molecule has 3 rings (SSSR count). The molecule has 1 amide bonds. The first-order valence-corrected chi connectivity index (χ1v) is 7.96. The van der Waals surface area contributed by atoms with E-state index in [9.17, 15) is 4.79 Å². The van der Waals surface area contributed by atoms with Crippen molar-refractivity contribution in [3.05, 3.63) is 28.8 Å². The van der Waals surface area contributed by atoms with Gasteiger partial charge in [0.25, 0.3) is 5.91 Å².